The molecular formula is C13H16N2O2. The maximum atomic E-state index is 12.0. The van der Waals surface area contributed by atoms with Crippen LogP contribution in [0.5, 0.6) is 0 Å². The number of aliphatic hydroxyl groups excluding tert-OH is 1. The molecule has 0 aliphatic heterocycles. The van der Waals surface area contributed by atoms with Crippen molar-refractivity contribution in [3.63, 3.8) is 0 Å². The highest BCUT2D eigenvalue weighted by Crippen LogP contribution is 2.16. The summed E-state index contributed by atoms with van der Waals surface area (Å²) < 4.78 is 0. The fourth-order valence-corrected chi connectivity index (χ4v) is 1.84. The molecule has 1 atom stereocenters. The van der Waals surface area contributed by atoms with E-state index in [4.69, 9.17) is 5.11 Å². The van der Waals surface area contributed by atoms with E-state index in [1.807, 2.05) is 31.3 Å². The van der Waals surface area contributed by atoms with Crippen LogP contribution in [-0.2, 0) is 0 Å². The van der Waals surface area contributed by atoms with Crippen LogP contribution >= 0.6 is 0 Å². The van der Waals surface area contributed by atoms with E-state index >= 15 is 0 Å². The Morgan fingerprint density at radius 1 is 1.47 bits per heavy atom. The first-order valence-electron chi connectivity index (χ1n) is 5.70. The number of H-pyrrole nitrogens is 1. The van der Waals surface area contributed by atoms with Crippen molar-refractivity contribution in [1.29, 1.82) is 0 Å². The van der Waals surface area contributed by atoms with Crippen LogP contribution in [0.1, 0.15) is 23.7 Å². The maximum absolute atomic E-state index is 12.0. The van der Waals surface area contributed by atoms with Crippen LogP contribution in [0.4, 0.5) is 0 Å². The van der Waals surface area contributed by atoms with E-state index in [-0.39, 0.29) is 18.6 Å². The molecule has 1 aromatic carbocycles. The number of amides is 1. The normalized spacial score (nSPS) is 12.6. The molecule has 0 fully saturated rings. The number of benzene rings is 1. The smallest absolute Gasteiger partial charge is 0.253 e. The van der Waals surface area contributed by atoms with Gasteiger partial charge in [0.2, 0.25) is 0 Å². The average molecular weight is 232 g/mol. The zero-order valence-electron chi connectivity index (χ0n) is 9.73. The molecule has 1 heterocycles. The van der Waals surface area contributed by atoms with E-state index in [1.165, 1.54) is 0 Å². The van der Waals surface area contributed by atoms with Crippen LogP contribution in [-0.4, -0.2) is 28.6 Å². The van der Waals surface area contributed by atoms with Crippen molar-refractivity contribution in [1.82, 2.24) is 10.3 Å². The molecule has 17 heavy (non-hydrogen) atoms. The standard InChI is InChI=1S/C13H16N2O2/c1-9(6-8-16)15-13(17)11-4-2-3-10-5-7-14-12(10)11/h2-5,7,9,14,16H,6,8H2,1H3,(H,15,17). The van der Waals surface area contributed by atoms with Gasteiger partial charge in [-0.2, -0.15) is 0 Å². The number of aromatic nitrogens is 1. The Kier molecular flexibility index (Phi) is 3.44. The summed E-state index contributed by atoms with van der Waals surface area (Å²) in [6.07, 6.45) is 2.38. The number of hydrogen-bond donors (Lipinski definition) is 3. The van der Waals surface area contributed by atoms with E-state index in [2.05, 4.69) is 10.3 Å². The van der Waals surface area contributed by atoms with Gasteiger partial charge in [0.25, 0.3) is 5.91 Å². The Balaban J connectivity index is 2.21. The third-order valence-electron chi connectivity index (χ3n) is 2.77. The number of aliphatic hydroxyl groups is 1. The summed E-state index contributed by atoms with van der Waals surface area (Å²) in [6, 6.07) is 7.52. The summed E-state index contributed by atoms with van der Waals surface area (Å²) in [5.41, 5.74) is 1.48. The Bertz CT molecular complexity index is 519. The molecule has 0 bridgehead atoms. The quantitative estimate of drug-likeness (QED) is 0.750. The highest BCUT2D eigenvalue weighted by Gasteiger charge is 2.12. The highest BCUT2D eigenvalue weighted by molar-refractivity contribution is 6.05. The number of rotatable bonds is 4. The molecule has 0 radical (unpaired) electrons. The lowest BCUT2D eigenvalue weighted by Gasteiger charge is -2.12. The summed E-state index contributed by atoms with van der Waals surface area (Å²) in [6.45, 7) is 1.96. The Morgan fingerprint density at radius 2 is 2.29 bits per heavy atom. The number of aromatic amines is 1. The van der Waals surface area contributed by atoms with Crippen LogP contribution in [0.15, 0.2) is 30.5 Å². The van der Waals surface area contributed by atoms with Crippen molar-refractivity contribution in [2.24, 2.45) is 0 Å². The largest absolute Gasteiger partial charge is 0.396 e. The monoisotopic (exact) mass is 232 g/mol. The summed E-state index contributed by atoms with van der Waals surface area (Å²) >= 11 is 0. The lowest BCUT2D eigenvalue weighted by Crippen LogP contribution is -2.33. The van der Waals surface area contributed by atoms with E-state index in [9.17, 15) is 4.79 Å². The number of hydrogen-bond acceptors (Lipinski definition) is 2. The van der Waals surface area contributed by atoms with Gasteiger partial charge in [-0.3, -0.25) is 4.79 Å². The number of para-hydroxylation sites is 1. The van der Waals surface area contributed by atoms with Crippen molar-refractivity contribution in [3.8, 4) is 0 Å². The Labute approximate surface area is 99.7 Å². The van der Waals surface area contributed by atoms with E-state index in [0.717, 1.165) is 10.9 Å². The number of nitrogens with one attached hydrogen (secondary N) is 2. The predicted octanol–water partition coefficient (Wildman–Crippen LogP) is 1.67. The van der Waals surface area contributed by atoms with Crippen LogP contribution < -0.4 is 5.32 Å². The minimum absolute atomic E-state index is 0.0299. The number of carbonyl (C=O) groups excluding carboxylic acids is 1. The first-order valence-corrected chi connectivity index (χ1v) is 5.70. The maximum Gasteiger partial charge on any atom is 0.253 e. The van der Waals surface area contributed by atoms with Crippen molar-refractivity contribution in [3.05, 3.63) is 36.0 Å². The predicted molar refractivity (Wildman–Crippen MR) is 66.9 cm³/mol. The topological polar surface area (TPSA) is 65.1 Å². The van der Waals surface area contributed by atoms with E-state index in [0.29, 0.717) is 12.0 Å². The molecule has 4 heteroatoms. The Morgan fingerprint density at radius 3 is 3.06 bits per heavy atom. The molecule has 0 saturated heterocycles. The molecule has 3 N–H and O–H groups in total. The third-order valence-corrected chi connectivity index (χ3v) is 2.77. The van der Waals surface area contributed by atoms with Crippen LogP contribution in [0.25, 0.3) is 10.9 Å². The van der Waals surface area contributed by atoms with Gasteiger partial charge < -0.3 is 15.4 Å². The minimum Gasteiger partial charge on any atom is -0.396 e. The van der Waals surface area contributed by atoms with Gasteiger partial charge in [-0.25, -0.2) is 0 Å². The molecule has 0 spiro atoms. The van der Waals surface area contributed by atoms with Gasteiger partial charge in [-0.1, -0.05) is 12.1 Å². The molecular weight excluding hydrogens is 216 g/mol. The van der Waals surface area contributed by atoms with Gasteiger partial charge in [0.15, 0.2) is 0 Å². The molecule has 1 amide bonds. The van der Waals surface area contributed by atoms with Gasteiger partial charge in [0, 0.05) is 24.2 Å². The fraction of sp³-hybridized carbons (Fsp3) is 0.308. The van der Waals surface area contributed by atoms with Crippen LogP contribution in [0.2, 0.25) is 0 Å². The molecule has 0 aliphatic rings. The molecule has 0 saturated carbocycles. The van der Waals surface area contributed by atoms with Gasteiger partial charge in [0.05, 0.1) is 11.1 Å². The summed E-state index contributed by atoms with van der Waals surface area (Å²) in [4.78, 5) is 15.1. The first kappa shape index (κ1) is 11.7. The third kappa shape index (κ3) is 2.47. The summed E-state index contributed by atoms with van der Waals surface area (Å²) in [5.74, 6) is -0.112. The fourth-order valence-electron chi connectivity index (χ4n) is 1.84. The second-order valence-electron chi connectivity index (χ2n) is 4.13. The molecule has 1 aromatic heterocycles. The van der Waals surface area contributed by atoms with E-state index in [1.54, 1.807) is 6.07 Å². The molecule has 90 valence electrons. The lowest BCUT2D eigenvalue weighted by atomic mass is 10.1. The zero-order valence-corrected chi connectivity index (χ0v) is 9.73. The summed E-state index contributed by atoms with van der Waals surface area (Å²) in [5, 5.41) is 12.7. The van der Waals surface area contributed by atoms with Gasteiger partial charge in [0.1, 0.15) is 0 Å². The Hall–Kier alpha value is -1.81. The zero-order chi connectivity index (χ0) is 12.3. The second-order valence-corrected chi connectivity index (χ2v) is 4.13. The minimum atomic E-state index is -0.112. The van der Waals surface area contributed by atoms with Gasteiger partial charge in [-0.15, -0.1) is 0 Å². The molecule has 1 unspecified atom stereocenters. The van der Waals surface area contributed by atoms with Crippen molar-refractivity contribution in [2.45, 2.75) is 19.4 Å². The van der Waals surface area contributed by atoms with Crippen LogP contribution in [0.3, 0.4) is 0 Å². The SMILES string of the molecule is CC(CCO)NC(=O)c1cccc2cc[nH]c12. The molecule has 2 rings (SSSR count). The average Bonchev–Trinajstić information content (AvgIpc) is 2.76. The van der Waals surface area contributed by atoms with Crippen molar-refractivity contribution >= 4 is 16.8 Å². The van der Waals surface area contributed by atoms with Gasteiger partial charge >= 0.3 is 0 Å². The molecule has 0 aliphatic carbocycles. The van der Waals surface area contributed by atoms with Crippen molar-refractivity contribution < 1.29 is 9.90 Å². The van der Waals surface area contributed by atoms with E-state index < -0.39 is 0 Å². The lowest BCUT2D eigenvalue weighted by molar-refractivity contribution is 0.0936. The molecule has 4 nitrogen and oxygen atoms in total. The van der Waals surface area contributed by atoms with Crippen molar-refractivity contribution in [2.75, 3.05) is 6.61 Å². The summed E-state index contributed by atoms with van der Waals surface area (Å²) in [7, 11) is 0. The second kappa shape index (κ2) is 5.01. The van der Waals surface area contributed by atoms with Crippen LogP contribution in [0, 0.1) is 0 Å². The van der Waals surface area contributed by atoms with Gasteiger partial charge in [-0.05, 0) is 25.5 Å². The number of carbonyl (C=O) groups is 1. The number of fused-ring (bicyclic) bond motifs is 1. The molecule has 2 aromatic rings. The highest BCUT2D eigenvalue weighted by atomic mass is 16.3. The first-order chi connectivity index (χ1) is 8.22.